The van der Waals surface area contributed by atoms with Gasteiger partial charge in [0.15, 0.2) is 29.0 Å². The number of nitrogens with one attached hydrogen (secondary N) is 1. The highest BCUT2D eigenvalue weighted by Crippen LogP contribution is 2.27. The normalized spacial score (nSPS) is 11.0. The van der Waals surface area contributed by atoms with Gasteiger partial charge in [-0.2, -0.15) is 5.10 Å². The molecule has 24 heavy (non-hydrogen) atoms. The fourth-order valence-electron chi connectivity index (χ4n) is 1.64. The molecule has 0 saturated heterocycles. The van der Waals surface area contributed by atoms with Crippen molar-refractivity contribution in [3.63, 3.8) is 0 Å². The number of phenols is 1. The average molecular weight is 347 g/mol. The van der Waals surface area contributed by atoms with Crippen LogP contribution in [0.2, 0.25) is 0 Å². The molecule has 0 unspecified atom stereocenters. The number of benzene rings is 2. The van der Waals surface area contributed by atoms with Gasteiger partial charge in [-0.1, -0.05) is 0 Å². The number of hydrogen-bond donors (Lipinski definition) is 2. The Morgan fingerprint density at radius 2 is 1.58 bits per heavy atom. The molecule has 0 amide bonds. The Kier molecular flexibility index (Phi) is 4.62. The SMILES string of the molecule is O=[N+]([O-])c1cc(/C=N\Nc2c(F)c(F)c(F)c(F)c2F)ccc1O. The van der Waals surface area contributed by atoms with Crippen LogP contribution in [0.15, 0.2) is 23.3 Å². The summed E-state index contributed by atoms with van der Waals surface area (Å²) in [5.74, 6) is -11.4. The van der Waals surface area contributed by atoms with Crippen molar-refractivity contribution in [2.24, 2.45) is 5.10 Å². The van der Waals surface area contributed by atoms with E-state index >= 15 is 0 Å². The predicted octanol–water partition coefficient (Wildman–Crippen LogP) is 3.44. The first-order chi connectivity index (χ1) is 11.2. The Balaban J connectivity index is 2.31. The maximum absolute atomic E-state index is 13.4. The van der Waals surface area contributed by atoms with Gasteiger partial charge >= 0.3 is 5.69 Å². The van der Waals surface area contributed by atoms with Crippen molar-refractivity contribution < 1.29 is 32.0 Å². The minimum atomic E-state index is -2.31. The van der Waals surface area contributed by atoms with Crippen LogP contribution >= 0.6 is 0 Å². The van der Waals surface area contributed by atoms with Gasteiger partial charge in [-0.25, -0.2) is 22.0 Å². The van der Waals surface area contributed by atoms with E-state index in [4.69, 9.17) is 0 Å². The quantitative estimate of drug-likeness (QED) is 0.221. The molecule has 2 N–H and O–H groups in total. The second-order valence-electron chi connectivity index (χ2n) is 4.32. The summed E-state index contributed by atoms with van der Waals surface area (Å²) in [6.45, 7) is 0. The first kappa shape index (κ1) is 17.1. The number of hydrazone groups is 1. The fraction of sp³-hybridized carbons (Fsp3) is 0. The molecule has 0 aliphatic carbocycles. The van der Waals surface area contributed by atoms with Crippen LogP contribution in [-0.4, -0.2) is 16.2 Å². The van der Waals surface area contributed by atoms with Crippen LogP contribution in [0.4, 0.5) is 33.3 Å². The third-order valence-corrected chi connectivity index (χ3v) is 2.80. The summed E-state index contributed by atoms with van der Waals surface area (Å²) in [4.78, 5) is 9.75. The summed E-state index contributed by atoms with van der Waals surface area (Å²) < 4.78 is 65.6. The van der Waals surface area contributed by atoms with Crippen molar-refractivity contribution in [1.82, 2.24) is 0 Å². The number of nitro benzene ring substituents is 1. The van der Waals surface area contributed by atoms with Gasteiger partial charge in [0.2, 0.25) is 5.82 Å². The van der Waals surface area contributed by atoms with Crippen molar-refractivity contribution in [3.8, 4) is 5.75 Å². The van der Waals surface area contributed by atoms with Crippen LogP contribution in [0.5, 0.6) is 5.75 Å². The zero-order chi connectivity index (χ0) is 18.0. The number of rotatable bonds is 4. The van der Waals surface area contributed by atoms with Gasteiger partial charge in [0.05, 0.1) is 11.1 Å². The van der Waals surface area contributed by atoms with E-state index < -0.39 is 51.1 Å². The molecule has 0 fully saturated rings. The molecule has 2 aromatic rings. The van der Waals surface area contributed by atoms with Gasteiger partial charge in [0, 0.05) is 11.6 Å². The summed E-state index contributed by atoms with van der Waals surface area (Å²) in [7, 11) is 0. The zero-order valence-corrected chi connectivity index (χ0v) is 11.4. The molecule has 2 rings (SSSR count). The smallest absolute Gasteiger partial charge is 0.311 e. The minimum absolute atomic E-state index is 0.0240. The van der Waals surface area contributed by atoms with Gasteiger partial charge in [-0.15, -0.1) is 0 Å². The van der Waals surface area contributed by atoms with Crippen LogP contribution in [0.25, 0.3) is 0 Å². The summed E-state index contributed by atoms with van der Waals surface area (Å²) >= 11 is 0. The first-order valence-electron chi connectivity index (χ1n) is 6.02. The van der Waals surface area contributed by atoms with E-state index in [1.165, 1.54) is 6.07 Å². The number of halogens is 5. The van der Waals surface area contributed by atoms with Crippen molar-refractivity contribution in [3.05, 3.63) is 63.0 Å². The molecule has 0 heterocycles. The molecule has 0 radical (unpaired) electrons. The summed E-state index contributed by atoms with van der Waals surface area (Å²) in [6, 6.07) is 3.03. The Morgan fingerprint density at radius 1 is 1.04 bits per heavy atom. The molecule has 11 heteroatoms. The Bertz CT molecular complexity index is 828. The van der Waals surface area contributed by atoms with Gasteiger partial charge in [0.1, 0.15) is 5.69 Å². The van der Waals surface area contributed by atoms with Gasteiger partial charge in [0.25, 0.3) is 0 Å². The molecule has 0 aromatic heterocycles. The highest BCUT2D eigenvalue weighted by Gasteiger charge is 2.25. The molecule has 0 aliphatic heterocycles. The van der Waals surface area contributed by atoms with E-state index in [2.05, 4.69) is 5.10 Å². The molecule has 0 bridgehead atoms. The molecule has 0 atom stereocenters. The molecule has 0 spiro atoms. The van der Waals surface area contributed by atoms with E-state index in [-0.39, 0.29) is 5.56 Å². The van der Waals surface area contributed by atoms with Gasteiger partial charge in [-0.3, -0.25) is 15.5 Å². The molecule has 126 valence electrons. The maximum Gasteiger partial charge on any atom is 0.311 e. The van der Waals surface area contributed by atoms with Crippen LogP contribution in [0.1, 0.15) is 5.56 Å². The number of nitro groups is 1. The highest BCUT2D eigenvalue weighted by atomic mass is 19.2. The van der Waals surface area contributed by atoms with Crippen molar-refractivity contribution in [2.75, 3.05) is 5.43 Å². The molecule has 0 saturated carbocycles. The second-order valence-corrected chi connectivity index (χ2v) is 4.32. The Labute approximate surface area is 130 Å². The van der Waals surface area contributed by atoms with Crippen LogP contribution < -0.4 is 5.43 Å². The van der Waals surface area contributed by atoms with E-state index in [0.717, 1.165) is 18.3 Å². The largest absolute Gasteiger partial charge is 0.502 e. The third-order valence-electron chi connectivity index (χ3n) is 2.80. The van der Waals surface area contributed by atoms with E-state index in [1.807, 2.05) is 0 Å². The maximum atomic E-state index is 13.4. The number of nitrogens with zero attached hydrogens (tertiary/aromatic N) is 2. The highest BCUT2D eigenvalue weighted by molar-refractivity contribution is 5.82. The lowest BCUT2D eigenvalue weighted by Gasteiger charge is -2.06. The van der Waals surface area contributed by atoms with Crippen molar-refractivity contribution in [1.29, 1.82) is 0 Å². The summed E-state index contributed by atoms with van der Waals surface area (Å²) in [6.07, 6.45) is 0.824. The lowest BCUT2D eigenvalue weighted by molar-refractivity contribution is -0.385. The lowest BCUT2D eigenvalue weighted by atomic mass is 10.2. The first-order valence-corrected chi connectivity index (χ1v) is 6.02. The number of hydrogen-bond acceptors (Lipinski definition) is 5. The van der Waals surface area contributed by atoms with Crippen LogP contribution in [0, 0.1) is 39.2 Å². The summed E-state index contributed by atoms with van der Waals surface area (Å²) in [5.41, 5.74) is -0.370. The number of phenolic OH excluding ortho intramolecular Hbond substituents is 1. The van der Waals surface area contributed by atoms with Gasteiger partial charge < -0.3 is 5.11 Å². The molecular formula is C13H6F5N3O3. The molecule has 2 aromatic carbocycles. The summed E-state index contributed by atoms with van der Waals surface area (Å²) in [5, 5.41) is 23.1. The van der Waals surface area contributed by atoms with Crippen molar-refractivity contribution in [2.45, 2.75) is 0 Å². The van der Waals surface area contributed by atoms with Gasteiger partial charge in [-0.05, 0) is 12.1 Å². The van der Waals surface area contributed by atoms with E-state index in [9.17, 15) is 37.2 Å². The average Bonchev–Trinajstić information content (AvgIpc) is 2.55. The van der Waals surface area contributed by atoms with Crippen molar-refractivity contribution >= 4 is 17.6 Å². The second kappa shape index (κ2) is 6.48. The monoisotopic (exact) mass is 347 g/mol. The van der Waals surface area contributed by atoms with Crippen LogP contribution in [-0.2, 0) is 0 Å². The number of anilines is 1. The Morgan fingerprint density at radius 3 is 2.12 bits per heavy atom. The zero-order valence-electron chi connectivity index (χ0n) is 11.4. The topological polar surface area (TPSA) is 87.8 Å². The lowest BCUT2D eigenvalue weighted by Crippen LogP contribution is -2.06. The minimum Gasteiger partial charge on any atom is -0.502 e. The fourth-order valence-corrected chi connectivity index (χ4v) is 1.64. The van der Waals surface area contributed by atoms with Crippen LogP contribution in [0.3, 0.4) is 0 Å². The predicted molar refractivity (Wildman–Crippen MR) is 72.2 cm³/mol. The van der Waals surface area contributed by atoms with E-state index in [1.54, 1.807) is 5.43 Å². The standard InChI is InChI=1S/C13H6F5N3O3/c14-8-9(15)11(17)13(12(18)10(8)16)20-19-4-5-1-2-7(22)6(3-5)21(23)24/h1-4,20,22H/b19-4-. The van der Waals surface area contributed by atoms with E-state index in [0.29, 0.717) is 0 Å². The molecular weight excluding hydrogens is 341 g/mol. The number of aromatic hydroxyl groups is 1. The molecule has 0 aliphatic rings. The molecule has 6 nitrogen and oxygen atoms in total. The third kappa shape index (κ3) is 3.09. The Hall–Kier alpha value is -3.24.